The van der Waals surface area contributed by atoms with Gasteiger partial charge in [-0.2, -0.15) is 0 Å². The summed E-state index contributed by atoms with van der Waals surface area (Å²) >= 11 is 0. The van der Waals surface area contributed by atoms with Gasteiger partial charge in [-0.3, -0.25) is 0 Å². The van der Waals surface area contributed by atoms with Crippen molar-refractivity contribution in [2.45, 2.75) is 58.0 Å². The van der Waals surface area contributed by atoms with Crippen LogP contribution >= 0.6 is 0 Å². The quantitative estimate of drug-likeness (QED) is 0.432. The van der Waals surface area contributed by atoms with Gasteiger partial charge in [0.25, 0.3) is 0 Å². The van der Waals surface area contributed by atoms with E-state index in [4.69, 9.17) is 4.74 Å². The molecule has 0 saturated carbocycles. The number of carbonyl (C=O) groups is 1. The third kappa shape index (κ3) is 7.06. The molecule has 1 saturated heterocycles. The summed E-state index contributed by atoms with van der Waals surface area (Å²) in [7, 11) is 0. The number of rotatable bonds is 8. The van der Waals surface area contributed by atoms with E-state index in [-0.39, 0.29) is 30.0 Å². The van der Waals surface area contributed by atoms with Crippen molar-refractivity contribution in [3.63, 3.8) is 0 Å². The van der Waals surface area contributed by atoms with E-state index in [0.29, 0.717) is 13.1 Å². The highest BCUT2D eigenvalue weighted by Gasteiger charge is 2.30. The van der Waals surface area contributed by atoms with E-state index in [1.807, 2.05) is 61.2 Å². The van der Waals surface area contributed by atoms with Crippen molar-refractivity contribution in [1.29, 1.82) is 0 Å². The maximum Gasteiger partial charge on any atom is 0.318 e. The second-order valence-corrected chi connectivity index (χ2v) is 9.32. The lowest BCUT2D eigenvalue weighted by Crippen LogP contribution is -2.50. The molecule has 35 heavy (non-hydrogen) atoms. The smallest absolute Gasteiger partial charge is 0.318 e. The fourth-order valence-corrected chi connectivity index (χ4v) is 4.51. The van der Waals surface area contributed by atoms with Crippen molar-refractivity contribution < 1.29 is 13.9 Å². The summed E-state index contributed by atoms with van der Waals surface area (Å²) in [5.74, 6) is 0.537. The summed E-state index contributed by atoms with van der Waals surface area (Å²) in [6.07, 6.45) is 1.80. The van der Waals surface area contributed by atoms with Gasteiger partial charge in [-0.25, -0.2) is 9.18 Å². The molecule has 0 aliphatic carbocycles. The molecule has 1 aliphatic heterocycles. The molecule has 1 aliphatic rings. The zero-order chi connectivity index (χ0) is 24.6. The summed E-state index contributed by atoms with van der Waals surface area (Å²) in [5, 5.41) is 6.68. The van der Waals surface area contributed by atoms with Crippen LogP contribution in [0.3, 0.4) is 0 Å². The van der Waals surface area contributed by atoms with Crippen LogP contribution in [0.25, 0.3) is 0 Å². The Hall–Kier alpha value is -3.38. The number of nitrogens with zero attached hydrogens (tertiary/aromatic N) is 1. The van der Waals surface area contributed by atoms with E-state index in [1.54, 1.807) is 12.1 Å². The molecular weight excluding hydrogens is 441 g/mol. The molecule has 4 rings (SSSR count). The first-order chi connectivity index (χ1) is 17.0. The molecule has 0 unspecified atom stereocenters. The normalized spacial score (nSPS) is 17.7. The summed E-state index contributed by atoms with van der Waals surface area (Å²) in [6.45, 7) is 5.67. The fourth-order valence-electron chi connectivity index (χ4n) is 4.51. The minimum absolute atomic E-state index is 0.0633. The van der Waals surface area contributed by atoms with Gasteiger partial charge in [0, 0.05) is 25.2 Å². The van der Waals surface area contributed by atoms with Crippen LogP contribution < -0.4 is 15.4 Å². The molecule has 3 aromatic rings. The summed E-state index contributed by atoms with van der Waals surface area (Å²) in [6, 6.07) is 24.7. The number of hydrogen-bond donors (Lipinski definition) is 2. The Kier molecular flexibility index (Phi) is 8.37. The lowest BCUT2D eigenvalue weighted by molar-refractivity contribution is 0.143. The Bertz CT molecular complexity index is 1070. The average molecular weight is 476 g/mol. The highest BCUT2D eigenvalue weighted by atomic mass is 19.1. The molecule has 3 aromatic carbocycles. The van der Waals surface area contributed by atoms with Crippen molar-refractivity contribution in [1.82, 2.24) is 15.5 Å². The van der Waals surface area contributed by atoms with Crippen LogP contribution in [-0.2, 0) is 13.1 Å². The lowest BCUT2D eigenvalue weighted by Gasteiger charge is -2.38. The standard InChI is InChI=1S/C29H34FN3O2/c1-21(2)35-27-14-10-22(11-15-27)19-32-29(34)33(20-23-8-12-25(30)13-9-23)26-16-17-31-28(18-26)24-6-4-3-5-7-24/h3-15,21,26,28,31H,16-20H2,1-2H3,(H,32,34)/t26-,28+/m1/s1. The van der Waals surface area contributed by atoms with Crippen LogP contribution in [0.4, 0.5) is 9.18 Å². The second kappa shape index (κ2) is 11.8. The Morgan fingerprint density at radius 3 is 2.40 bits per heavy atom. The molecule has 2 atom stereocenters. The zero-order valence-electron chi connectivity index (χ0n) is 20.4. The summed E-state index contributed by atoms with van der Waals surface area (Å²) in [4.78, 5) is 15.3. The lowest BCUT2D eigenvalue weighted by atomic mass is 9.92. The van der Waals surface area contributed by atoms with E-state index in [0.717, 1.165) is 36.3 Å². The zero-order valence-corrected chi connectivity index (χ0v) is 20.4. The number of benzene rings is 3. The molecule has 1 heterocycles. The van der Waals surface area contributed by atoms with Gasteiger partial charge in [0.05, 0.1) is 6.10 Å². The third-order valence-electron chi connectivity index (χ3n) is 6.28. The molecule has 5 nitrogen and oxygen atoms in total. The first-order valence-electron chi connectivity index (χ1n) is 12.3. The number of halogens is 1. The molecule has 0 aromatic heterocycles. The van der Waals surface area contributed by atoms with Crippen LogP contribution in [0.15, 0.2) is 78.9 Å². The van der Waals surface area contributed by atoms with E-state index in [9.17, 15) is 9.18 Å². The fraction of sp³-hybridized carbons (Fsp3) is 0.345. The van der Waals surface area contributed by atoms with Gasteiger partial charge < -0.3 is 20.3 Å². The van der Waals surface area contributed by atoms with Crippen LogP contribution in [-0.4, -0.2) is 29.6 Å². The first kappa shape index (κ1) is 24.7. The highest BCUT2D eigenvalue weighted by Crippen LogP contribution is 2.27. The molecule has 0 spiro atoms. The topological polar surface area (TPSA) is 53.6 Å². The summed E-state index contributed by atoms with van der Waals surface area (Å²) < 4.78 is 19.2. The van der Waals surface area contributed by atoms with Gasteiger partial charge in [-0.1, -0.05) is 54.6 Å². The Balaban J connectivity index is 1.46. The molecule has 184 valence electrons. The number of hydrogen-bond acceptors (Lipinski definition) is 3. The molecule has 1 fully saturated rings. The second-order valence-electron chi connectivity index (χ2n) is 9.32. The van der Waals surface area contributed by atoms with Gasteiger partial charge in [0.1, 0.15) is 11.6 Å². The number of piperidine rings is 1. The number of urea groups is 1. The third-order valence-corrected chi connectivity index (χ3v) is 6.28. The SMILES string of the molecule is CC(C)Oc1ccc(CNC(=O)N(Cc2ccc(F)cc2)[C@@H]2CCN[C@H](c3ccccc3)C2)cc1. The first-order valence-corrected chi connectivity index (χ1v) is 12.3. The maximum absolute atomic E-state index is 13.5. The minimum atomic E-state index is -0.277. The molecule has 2 amide bonds. The minimum Gasteiger partial charge on any atom is -0.491 e. The van der Waals surface area contributed by atoms with Crippen molar-refractivity contribution in [2.24, 2.45) is 0 Å². The van der Waals surface area contributed by atoms with E-state index >= 15 is 0 Å². The molecule has 6 heteroatoms. The largest absolute Gasteiger partial charge is 0.491 e. The van der Waals surface area contributed by atoms with Gasteiger partial charge in [-0.05, 0) is 74.2 Å². The predicted octanol–water partition coefficient (Wildman–Crippen LogP) is 5.82. The predicted molar refractivity (Wildman–Crippen MR) is 137 cm³/mol. The van der Waals surface area contributed by atoms with Gasteiger partial charge >= 0.3 is 6.03 Å². The van der Waals surface area contributed by atoms with E-state index < -0.39 is 0 Å². The van der Waals surface area contributed by atoms with Crippen LogP contribution in [0, 0.1) is 5.82 Å². The Morgan fingerprint density at radius 2 is 1.71 bits per heavy atom. The van der Waals surface area contributed by atoms with E-state index in [1.165, 1.54) is 17.7 Å². The molecule has 0 radical (unpaired) electrons. The van der Waals surface area contributed by atoms with E-state index in [2.05, 4.69) is 22.8 Å². The average Bonchev–Trinajstić information content (AvgIpc) is 2.88. The van der Waals surface area contributed by atoms with Gasteiger partial charge in [-0.15, -0.1) is 0 Å². The van der Waals surface area contributed by atoms with Crippen molar-refractivity contribution >= 4 is 6.03 Å². The van der Waals surface area contributed by atoms with Gasteiger partial charge in [0.15, 0.2) is 0 Å². The monoisotopic (exact) mass is 475 g/mol. The van der Waals surface area contributed by atoms with Crippen molar-refractivity contribution in [2.75, 3.05) is 6.54 Å². The Labute approximate surface area is 207 Å². The highest BCUT2D eigenvalue weighted by molar-refractivity contribution is 5.74. The van der Waals surface area contributed by atoms with Crippen LogP contribution in [0.5, 0.6) is 5.75 Å². The molecular formula is C29H34FN3O2. The molecule has 2 N–H and O–H groups in total. The van der Waals surface area contributed by atoms with Crippen molar-refractivity contribution in [3.05, 3.63) is 101 Å². The Morgan fingerprint density at radius 1 is 1.03 bits per heavy atom. The van der Waals surface area contributed by atoms with Crippen molar-refractivity contribution in [3.8, 4) is 5.75 Å². The number of ether oxygens (including phenoxy) is 1. The van der Waals surface area contributed by atoms with Crippen LogP contribution in [0.1, 0.15) is 49.4 Å². The number of carbonyl (C=O) groups excluding carboxylic acids is 1. The number of amides is 2. The summed E-state index contributed by atoms with van der Waals surface area (Å²) in [5.41, 5.74) is 3.14. The maximum atomic E-state index is 13.5. The van der Waals surface area contributed by atoms with Gasteiger partial charge in [0.2, 0.25) is 0 Å². The van der Waals surface area contributed by atoms with Crippen LogP contribution in [0.2, 0.25) is 0 Å². The molecule has 0 bridgehead atoms. The number of nitrogens with one attached hydrogen (secondary N) is 2.